The molecule has 0 aliphatic heterocycles. The summed E-state index contributed by atoms with van der Waals surface area (Å²) in [6, 6.07) is 0. The molecular weight excluding hydrogens is 1480 g/mol. The minimum atomic E-state index is 0.177. The van der Waals surface area contributed by atoms with Crippen molar-refractivity contribution in [3.05, 3.63) is 317 Å². The molecule has 0 aromatic heterocycles. The molecule has 0 aromatic carbocycles. The average Bonchev–Trinajstić information content (AvgIpc) is 1.52. The van der Waals surface area contributed by atoms with Gasteiger partial charge in [0.05, 0.1) is 0 Å². The van der Waals surface area contributed by atoms with Gasteiger partial charge in [-0.2, -0.15) is 0 Å². The minimum Gasteiger partial charge on any atom is -0.0630 e. The molecule has 0 bridgehead atoms. The normalized spacial score (nSPS) is 26.4. The SMILES string of the molecule is CC(C)C1=CC2=C(C1)C1=C(C2)C2=C(C1)C1=C(C=C(C(C)C)C1(C)C)C2.CC(C)C1=CC2=C(C1)C1=C(C2)C2=C(C1)C1=C(C=C(C(C)C)C1)C2(C)C.CC(C)C1=CC2=C(C1)C1=C(C2)C2=C(C=C(C(C)C)C2(C)C)C1.CC(C)C1=CC2=C(C1)C1=C(C2)C2=C(C=C(C(C)C)C2(C)C)C1(C)C.CC(C)C1=CC2=C(C3=C(C2)C2=C(C3)C3=C(C=C(C(C)C)C3(C)C)C2)C1(C)C. The van der Waals surface area contributed by atoms with Gasteiger partial charge < -0.3 is 0 Å². The van der Waals surface area contributed by atoms with E-state index in [0.717, 1.165) is 0 Å². The first-order valence-corrected chi connectivity index (χ1v) is 49.8. The lowest BCUT2D eigenvalue weighted by Crippen LogP contribution is -2.20. The van der Waals surface area contributed by atoms with Crippen LogP contribution in [0.25, 0.3) is 0 Å². The number of rotatable bonds is 10. The van der Waals surface area contributed by atoms with Gasteiger partial charge in [0.1, 0.15) is 0 Å². The summed E-state index contributed by atoms with van der Waals surface area (Å²) in [5.41, 5.74) is 78.2. The summed E-state index contributed by atoms with van der Waals surface area (Å²) >= 11 is 0. The van der Waals surface area contributed by atoms with Crippen molar-refractivity contribution >= 4 is 0 Å². The molecule has 0 aromatic rings. The van der Waals surface area contributed by atoms with Crippen molar-refractivity contribution in [2.75, 3.05) is 0 Å². The summed E-state index contributed by atoms with van der Waals surface area (Å²) < 4.78 is 0. The van der Waals surface area contributed by atoms with Crippen LogP contribution in [0.2, 0.25) is 0 Å². The summed E-state index contributed by atoms with van der Waals surface area (Å²) in [7, 11) is 0. The van der Waals surface area contributed by atoms with E-state index in [4.69, 9.17) is 0 Å². The molecule has 0 amide bonds. The van der Waals surface area contributed by atoms with E-state index in [-0.39, 0.29) is 37.9 Å². The standard InChI is InChI=1S/C27H34.2C25H30.C24H32.C22H28/c1-14(2)22-11-16-9-18-19-10-17-12-23(15(3)4)27(7,8)25(17)21(19)13-20(18)24(16)26(22,5)6;1-13(2)15-7-17-10-21-19(18(17)8-15)12-22-20-9-16(14(3)4)11-23(20)25(5,6)24(21)22;1-13(2)15-7-16-9-19-20-10-17-11-23(14(3)4)25(5,6)24(17)22(20)12-21(19)18(16)8-15;1-13(2)15-9-16-11-18-21(17(16)10-15)24(7,8)20-12-19(14(3)4)23(5,6)22(18)20;1-12(2)14-7-15-9-19-18(17(15)8-14)10-16-11-20(13(3)4)22(5,6)21(16)19/h11-12,14-15H,9-10,13H2,1-8H3;2*7,11,13-14H,8-10,12H2,1-6H3;9,12-14H,10-11H2,1-8H3;7,11-13H,8-10H2,1-6H3. The summed E-state index contributed by atoms with van der Waals surface area (Å²) in [6.07, 6.45) is 44.6. The summed E-state index contributed by atoms with van der Waals surface area (Å²) in [5.74, 6) is 6.62. The van der Waals surface area contributed by atoms with Crippen LogP contribution in [0.15, 0.2) is 317 Å². The second-order valence-electron chi connectivity index (χ2n) is 49.1. The average molecular weight is 1630 g/mol. The fourth-order valence-corrected chi connectivity index (χ4v) is 30.3. The third-order valence-corrected chi connectivity index (χ3v) is 36.0. The molecule has 0 N–H and O–H groups in total. The fraction of sp³-hybridized carbons (Fsp3) is 0.545. The number of hydrogen-bond donors (Lipinski definition) is 0. The molecule has 0 heterocycles. The van der Waals surface area contributed by atoms with E-state index < -0.39 is 0 Å². The van der Waals surface area contributed by atoms with Crippen LogP contribution >= 0.6 is 0 Å². The van der Waals surface area contributed by atoms with Crippen molar-refractivity contribution in [3.63, 3.8) is 0 Å². The quantitative estimate of drug-likeness (QED) is 0.205. The second-order valence-corrected chi connectivity index (χ2v) is 49.1. The van der Waals surface area contributed by atoms with Crippen LogP contribution in [0, 0.1) is 97.1 Å². The van der Waals surface area contributed by atoms with E-state index in [9.17, 15) is 0 Å². The first-order chi connectivity index (χ1) is 57.5. The van der Waals surface area contributed by atoms with Crippen LogP contribution in [0.4, 0.5) is 0 Å². The Morgan fingerprint density at radius 2 is 0.366 bits per heavy atom. The highest BCUT2D eigenvalue weighted by atomic mass is 14.6. The Kier molecular flexibility index (Phi) is 19.6. The second kappa shape index (κ2) is 28.4. The first kappa shape index (κ1) is 85.2. The number of allylic oxidation sites excluding steroid dienone is 56. The highest BCUT2D eigenvalue weighted by molar-refractivity contribution is 5.82. The minimum absolute atomic E-state index is 0.177. The Balaban J connectivity index is 0.000000101. The van der Waals surface area contributed by atoms with Crippen molar-refractivity contribution in [2.45, 2.75) is 338 Å². The van der Waals surface area contributed by atoms with Gasteiger partial charge in [-0.25, -0.2) is 0 Å². The molecule has 0 atom stereocenters. The molecule has 23 aliphatic carbocycles. The predicted molar refractivity (Wildman–Crippen MR) is 526 cm³/mol. The van der Waals surface area contributed by atoms with Gasteiger partial charge >= 0.3 is 0 Å². The third kappa shape index (κ3) is 12.3. The molecule has 0 fully saturated rings. The third-order valence-electron chi connectivity index (χ3n) is 36.0. The van der Waals surface area contributed by atoms with Crippen LogP contribution in [0.1, 0.15) is 338 Å². The van der Waals surface area contributed by atoms with Crippen LogP contribution in [-0.2, 0) is 0 Å². The summed E-state index contributed by atoms with van der Waals surface area (Å²) in [5, 5.41) is 0. The zero-order chi connectivity index (χ0) is 88.2. The number of hydrogen-bond acceptors (Lipinski definition) is 0. The van der Waals surface area contributed by atoms with Crippen molar-refractivity contribution in [2.24, 2.45) is 97.1 Å². The van der Waals surface area contributed by atoms with Gasteiger partial charge in [0.15, 0.2) is 0 Å². The van der Waals surface area contributed by atoms with Crippen molar-refractivity contribution in [1.29, 1.82) is 0 Å². The van der Waals surface area contributed by atoms with E-state index in [2.05, 4.69) is 296 Å². The molecule has 0 heteroatoms. The van der Waals surface area contributed by atoms with Crippen molar-refractivity contribution < 1.29 is 0 Å². The van der Waals surface area contributed by atoms with Crippen LogP contribution in [0.3, 0.4) is 0 Å². The zero-order valence-electron chi connectivity index (χ0n) is 83.4. The maximum atomic E-state index is 2.56. The molecule has 0 saturated carbocycles. The predicted octanol–water partition coefficient (Wildman–Crippen LogP) is 34.8. The lowest BCUT2D eigenvalue weighted by atomic mass is 9.71. The molecule has 0 saturated heterocycles. The van der Waals surface area contributed by atoms with Gasteiger partial charge in [0.2, 0.25) is 0 Å². The van der Waals surface area contributed by atoms with E-state index in [1.807, 2.05) is 0 Å². The lowest BCUT2D eigenvalue weighted by Gasteiger charge is -2.32. The maximum absolute atomic E-state index is 2.56. The molecule has 0 unspecified atom stereocenters. The van der Waals surface area contributed by atoms with Gasteiger partial charge in [-0.3, -0.25) is 0 Å². The van der Waals surface area contributed by atoms with Gasteiger partial charge in [0, 0.05) is 37.9 Å². The molecule has 0 nitrogen and oxygen atoms in total. The lowest BCUT2D eigenvalue weighted by molar-refractivity contribution is 0.486. The maximum Gasteiger partial charge on any atom is 0.0155 e. The fourth-order valence-electron chi connectivity index (χ4n) is 30.3. The first-order valence-electron chi connectivity index (χ1n) is 49.8. The van der Waals surface area contributed by atoms with E-state index >= 15 is 0 Å². The van der Waals surface area contributed by atoms with Crippen LogP contribution < -0.4 is 0 Å². The van der Waals surface area contributed by atoms with Gasteiger partial charge in [-0.05, 0) is 363 Å². The Morgan fingerprint density at radius 1 is 0.146 bits per heavy atom. The van der Waals surface area contributed by atoms with Crippen molar-refractivity contribution in [3.8, 4) is 0 Å². The highest BCUT2D eigenvalue weighted by Crippen LogP contribution is 2.71. The Morgan fingerprint density at radius 3 is 0.724 bits per heavy atom. The Hall–Kier alpha value is -7.28. The van der Waals surface area contributed by atoms with Gasteiger partial charge in [-0.15, -0.1) is 0 Å². The molecule has 0 spiro atoms. The van der Waals surface area contributed by atoms with E-state index in [0.29, 0.717) is 59.2 Å². The number of fused-ring (bicyclic) bond motifs is 13. The van der Waals surface area contributed by atoms with E-state index in [1.54, 1.807) is 256 Å². The monoisotopic (exact) mass is 1630 g/mol. The zero-order valence-corrected chi connectivity index (χ0v) is 83.4. The topological polar surface area (TPSA) is 0 Å². The van der Waals surface area contributed by atoms with Crippen LogP contribution in [0.5, 0.6) is 0 Å². The molecule has 23 aliphatic rings. The highest BCUT2D eigenvalue weighted by Gasteiger charge is 2.56. The van der Waals surface area contributed by atoms with Gasteiger partial charge in [-0.1, -0.05) is 352 Å². The molecule has 646 valence electrons. The van der Waals surface area contributed by atoms with Crippen LogP contribution in [-0.4, -0.2) is 0 Å². The smallest absolute Gasteiger partial charge is 0.0155 e. The molecule has 123 heavy (non-hydrogen) atoms. The molecular formula is C123H154. The Labute approximate surface area is 747 Å². The summed E-state index contributed by atoms with van der Waals surface area (Å²) in [6.45, 7) is 81.3. The van der Waals surface area contributed by atoms with Gasteiger partial charge in [0.25, 0.3) is 0 Å². The molecule has 23 rings (SSSR count). The summed E-state index contributed by atoms with van der Waals surface area (Å²) in [4.78, 5) is 0. The molecule has 0 radical (unpaired) electrons. The Bertz CT molecular complexity index is 5900. The van der Waals surface area contributed by atoms with Crippen molar-refractivity contribution in [1.82, 2.24) is 0 Å². The van der Waals surface area contributed by atoms with E-state index in [1.165, 1.54) is 103 Å². The largest absolute Gasteiger partial charge is 0.0630 e.